The summed E-state index contributed by atoms with van der Waals surface area (Å²) in [4.78, 5) is 0. The Morgan fingerprint density at radius 2 is 1.91 bits per heavy atom. The van der Waals surface area contributed by atoms with E-state index in [2.05, 4.69) is 4.74 Å². The first-order chi connectivity index (χ1) is 10.1. The number of ether oxygens (including phenoxy) is 2. The summed E-state index contributed by atoms with van der Waals surface area (Å²) in [5.41, 5.74) is 0.398. The summed E-state index contributed by atoms with van der Waals surface area (Å²) >= 11 is 0. The largest absolute Gasteiger partial charge is 0.573 e. The second-order valence-electron chi connectivity index (χ2n) is 4.93. The molecule has 0 aromatic heterocycles. The predicted octanol–water partition coefficient (Wildman–Crippen LogP) is 3.29. The van der Waals surface area contributed by atoms with Gasteiger partial charge in [-0.1, -0.05) is 0 Å². The first kappa shape index (κ1) is 16.6. The molecule has 0 bridgehead atoms. The summed E-state index contributed by atoms with van der Waals surface area (Å²) in [6.07, 6.45) is -5.15. The van der Waals surface area contributed by atoms with Crippen LogP contribution in [0.5, 0.6) is 11.5 Å². The molecule has 1 fully saturated rings. The summed E-state index contributed by atoms with van der Waals surface area (Å²) in [5, 5.41) is 2.85. The van der Waals surface area contributed by atoms with Crippen molar-refractivity contribution in [3.8, 4) is 11.5 Å². The van der Waals surface area contributed by atoms with Crippen molar-refractivity contribution in [2.45, 2.75) is 18.7 Å². The van der Waals surface area contributed by atoms with Gasteiger partial charge in [0.2, 0.25) is 0 Å². The van der Waals surface area contributed by atoms with Crippen LogP contribution in [0.1, 0.15) is 6.42 Å². The molecule has 0 atom stereocenters. The summed E-state index contributed by atoms with van der Waals surface area (Å²) in [6, 6.07) is 3.54. The Hall–Kier alpha value is -1.77. The number of nitrogens with zero attached hydrogens (tertiary/aromatic N) is 2. The van der Waals surface area contributed by atoms with Crippen LogP contribution >= 0.6 is 0 Å². The molecule has 0 unspecified atom stereocenters. The van der Waals surface area contributed by atoms with E-state index in [1.807, 2.05) is 0 Å². The fraction of sp³-hybridized carbons (Fsp3) is 0.538. The second kappa shape index (κ2) is 5.79. The fourth-order valence-corrected chi connectivity index (χ4v) is 2.31. The highest BCUT2D eigenvalue weighted by Gasteiger charge is 2.38. The Kier molecular flexibility index (Phi) is 4.37. The number of methoxy groups -OCH3 is 1. The summed E-state index contributed by atoms with van der Waals surface area (Å²) in [7, 11) is 2.77. The third-order valence-electron chi connectivity index (χ3n) is 3.22. The zero-order chi connectivity index (χ0) is 16.5. The Labute approximate surface area is 124 Å². The van der Waals surface area contributed by atoms with E-state index in [1.165, 1.54) is 30.2 Å². The molecule has 1 aromatic rings. The van der Waals surface area contributed by atoms with Gasteiger partial charge in [0.05, 0.1) is 19.3 Å². The lowest BCUT2D eigenvalue weighted by molar-refractivity contribution is -0.274. The topological polar surface area (TPSA) is 24.9 Å². The monoisotopic (exact) mass is 326 g/mol. The number of halogens is 5. The van der Waals surface area contributed by atoms with E-state index in [1.54, 1.807) is 0 Å². The summed E-state index contributed by atoms with van der Waals surface area (Å²) in [6.45, 7) is -0.448. The van der Waals surface area contributed by atoms with Crippen molar-refractivity contribution in [2.75, 3.05) is 32.3 Å². The molecule has 0 amide bonds. The van der Waals surface area contributed by atoms with Crippen molar-refractivity contribution in [3.63, 3.8) is 0 Å². The minimum atomic E-state index is -4.81. The molecule has 1 saturated heterocycles. The molecule has 0 radical (unpaired) electrons. The third-order valence-corrected chi connectivity index (χ3v) is 3.22. The SMILES string of the molecule is COc1cc(OC(F)(F)F)ccc1N1CCC(F)(F)CN1C. The van der Waals surface area contributed by atoms with Crippen LogP contribution in [0.4, 0.5) is 27.6 Å². The quantitative estimate of drug-likeness (QED) is 0.796. The lowest BCUT2D eigenvalue weighted by atomic mass is 10.1. The minimum Gasteiger partial charge on any atom is -0.494 e. The molecule has 0 N–H and O–H groups in total. The van der Waals surface area contributed by atoms with Crippen LogP contribution in [0.3, 0.4) is 0 Å². The fourth-order valence-electron chi connectivity index (χ4n) is 2.31. The Morgan fingerprint density at radius 1 is 1.23 bits per heavy atom. The van der Waals surface area contributed by atoms with Gasteiger partial charge in [0.15, 0.2) is 0 Å². The van der Waals surface area contributed by atoms with Crippen molar-refractivity contribution < 1.29 is 31.4 Å². The molecule has 1 aromatic carbocycles. The van der Waals surface area contributed by atoms with Crippen molar-refractivity contribution in [1.29, 1.82) is 0 Å². The molecule has 1 heterocycles. The van der Waals surface area contributed by atoms with Crippen LogP contribution in [0.2, 0.25) is 0 Å². The first-order valence-corrected chi connectivity index (χ1v) is 6.41. The van der Waals surface area contributed by atoms with E-state index in [0.717, 1.165) is 12.1 Å². The average Bonchev–Trinajstić information content (AvgIpc) is 2.36. The average molecular weight is 326 g/mol. The lowest BCUT2D eigenvalue weighted by Gasteiger charge is -2.41. The molecule has 22 heavy (non-hydrogen) atoms. The van der Waals surface area contributed by atoms with E-state index in [9.17, 15) is 22.0 Å². The summed E-state index contributed by atoms with van der Waals surface area (Å²) in [5.74, 6) is -3.12. The zero-order valence-corrected chi connectivity index (χ0v) is 12.0. The molecule has 4 nitrogen and oxygen atoms in total. The van der Waals surface area contributed by atoms with Gasteiger partial charge in [-0.15, -0.1) is 13.2 Å². The molecule has 0 saturated carbocycles. The van der Waals surface area contributed by atoms with Gasteiger partial charge < -0.3 is 14.5 Å². The Bertz CT molecular complexity index is 536. The highest BCUT2D eigenvalue weighted by atomic mass is 19.4. The van der Waals surface area contributed by atoms with E-state index in [4.69, 9.17) is 4.74 Å². The Balaban J connectivity index is 2.24. The molecule has 0 aliphatic carbocycles. The van der Waals surface area contributed by atoms with Gasteiger partial charge >= 0.3 is 6.36 Å². The second-order valence-corrected chi connectivity index (χ2v) is 4.93. The first-order valence-electron chi connectivity index (χ1n) is 6.41. The van der Waals surface area contributed by atoms with Crippen LogP contribution in [-0.4, -0.2) is 44.5 Å². The van der Waals surface area contributed by atoms with Crippen LogP contribution in [0, 0.1) is 0 Å². The van der Waals surface area contributed by atoms with Gasteiger partial charge in [-0.25, -0.2) is 13.8 Å². The van der Waals surface area contributed by atoms with E-state index in [0.29, 0.717) is 5.69 Å². The molecule has 9 heteroatoms. The van der Waals surface area contributed by atoms with Crippen molar-refractivity contribution in [2.24, 2.45) is 0 Å². The van der Waals surface area contributed by atoms with Gasteiger partial charge in [0.1, 0.15) is 11.5 Å². The third kappa shape index (κ3) is 3.90. The number of rotatable bonds is 3. The molecular formula is C13H15F5N2O2. The van der Waals surface area contributed by atoms with Crippen molar-refractivity contribution in [1.82, 2.24) is 5.01 Å². The number of hydrazine groups is 1. The lowest BCUT2D eigenvalue weighted by Crippen LogP contribution is -2.53. The van der Waals surface area contributed by atoms with Crippen LogP contribution in [-0.2, 0) is 0 Å². The Morgan fingerprint density at radius 3 is 2.45 bits per heavy atom. The van der Waals surface area contributed by atoms with Gasteiger partial charge in [-0.05, 0) is 12.1 Å². The molecule has 2 rings (SSSR count). The van der Waals surface area contributed by atoms with E-state index < -0.39 is 24.6 Å². The normalized spacial score (nSPS) is 19.1. The number of alkyl halides is 5. The molecule has 1 aliphatic rings. The van der Waals surface area contributed by atoms with Crippen LogP contribution < -0.4 is 14.5 Å². The van der Waals surface area contributed by atoms with Gasteiger partial charge in [0.25, 0.3) is 5.92 Å². The van der Waals surface area contributed by atoms with E-state index in [-0.39, 0.29) is 18.7 Å². The molecular weight excluding hydrogens is 311 g/mol. The number of anilines is 1. The maximum absolute atomic E-state index is 13.3. The van der Waals surface area contributed by atoms with Crippen molar-refractivity contribution in [3.05, 3.63) is 18.2 Å². The zero-order valence-electron chi connectivity index (χ0n) is 12.0. The highest BCUT2D eigenvalue weighted by Crippen LogP contribution is 2.37. The maximum Gasteiger partial charge on any atom is 0.573 e. The number of hydrogen-bond acceptors (Lipinski definition) is 4. The molecule has 124 valence electrons. The van der Waals surface area contributed by atoms with Gasteiger partial charge in [-0.2, -0.15) is 0 Å². The smallest absolute Gasteiger partial charge is 0.494 e. The number of benzene rings is 1. The van der Waals surface area contributed by atoms with Gasteiger partial charge in [0, 0.05) is 26.1 Å². The van der Waals surface area contributed by atoms with Crippen LogP contribution in [0.25, 0.3) is 0 Å². The summed E-state index contributed by atoms with van der Waals surface area (Å²) < 4.78 is 72.2. The number of hydrogen-bond donors (Lipinski definition) is 0. The molecule has 0 spiro atoms. The minimum absolute atomic E-state index is 0.0271. The molecule has 1 aliphatic heterocycles. The highest BCUT2D eigenvalue weighted by molar-refractivity contribution is 5.60. The standard InChI is InChI=1S/C13H15F5N2O2/c1-19-8-12(14,15)5-6-20(19)10-4-3-9(7-11(10)21-2)22-13(16,17)18/h3-4,7H,5-6,8H2,1-2H3. The predicted molar refractivity (Wildman–Crippen MR) is 69.2 cm³/mol. The van der Waals surface area contributed by atoms with Crippen molar-refractivity contribution >= 4 is 5.69 Å². The van der Waals surface area contributed by atoms with Gasteiger partial charge in [-0.3, -0.25) is 0 Å². The maximum atomic E-state index is 13.3. The van der Waals surface area contributed by atoms with Crippen LogP contribution in [0.15, 0.2) is 18.2 Å². The van der Waals surface area contributed by atoms with E-state index >= 15 is 0 Å².